The molecule has 0 fully saturated rings. The minimum atomic E-state index is -0.553. The number of aromatic nitrogens is 2. The fraction of sp³-hybridized carbons (Fsp3) is 0.250. The van der Waals surface area contributed by atoms with Crippen molar-refractivity contribution in [3.05, 3.63) is 53.7 Å². The van der Waals surface area contributed by atoms with Crippen LogP contribution in [0.25, 0.3) is 10.6 Å². The fourth-order valence-electron chi connectivity index (χ4n) is 2.42. The van der Waals surface area contributed by atoms with E-state index in [0.29, 0.717) is 17.9 Å². The molecular formula is C20H23N5O2S. The summed E-state index contributed by atoms with van der Waals surface area (Å²) >= 11 is 1.56. The molecule has 2 aromatic heterocycles. The van der Waals surface area contributed by atoms with Crippen molar-refractivity contribution in [3.8, 4) is 10.6 Å². The van der Waals surface area contributed by atoms with E-state index in [1.165, 1.54) is 0 Å². The number of nitrogens with zero attached hydrogens (tertiary/aromatic N) is 2. The first-order chi connectivity index (χ1) is 13.3. The maximum atomic E-state index is 11.9. The van der Waals surface area contributed by atoms with E-state index >= 15 is 0 Å². The first kappa shape index (κ1) is 19.6. The van der Waals surface area contributed by atoms with Gasteiger partial charge in [0.2, 0.25) is 0 Å². The minimum absolute atomic E-state index is 0.510. The molecular weight excluding hydrogens is 374 g/mol. The summed E-state index contributed by atoms with van der Waals surface area (Å²) in [5, 5.41) is 8.85. The molecule has 0 aliphatic rings. The highest BCUT2D eigenvalue weighted by atomic mass is 32.1. The largest absolute Gasteiger partial charge is 0.444 e. The van der Waals surface area contributed by atoms with Crippen molar-refractivity contribution in [2.75, 3.05) is 16.4 Å². The number of hydrogen-bond acceptors (Lipinski definition) is 7. The van der Waals surface area contributed by atoms with Gasteiger partial charge in [-0.2, -0.15) is 0 Å². The van der Waals surface area contributed by atoms with Gasteiger partial charge in [0, 0.05) is 41.3 Å². The van der Waals surface area contributed by atoms with Gasteiger partial charge >= 0.3 is 6.09 Å². The van der Waals surface area contributed by atoms with Gasteiger partial charge in [-0.15, -0.1) is 11.3 Å². The summed E-state index contributed by atoms with van der Waals surface area (Å²) in [6.45, 7) is 5.97. The zero-order valence-corrected chi connectivity index (χ0v) is 16.8. The molecule has 0 saturated heterocycles. The van der Waals surface area contributed by atoms with E-state index in [2.05, 4.69) is 20.6 Å². The molecule has 7 nitrogen and oxygen atoms in total. The standard InChI is InChI=1S/C20H23N5O2S/c1-20(2,3)27-19(26)24-15-5-4-14(16(21)10-15)11-23-17-12-28-18(25-17)13-6-8-22-9-7-13/h4-10,12,23H,11,21H2,1-3H3,(H,24,26). The molecule has 0 aliphatic carbocycles. The quantitative estimate of drug-likeness (QED) is 0.537. The third-order valence-corrected chi connectivity index (χ3v) is 4.57. The number of pyridine rings is 1. The second-order valence-electron chi connectivity index (χ2n) is 7.17. The smallest absolute Gasteiger partial charge is 0.412 e. The Bertz CT molecular complexity index is 951. The van der Waals surface area contributed by atoms with Crippen molar-refractivity contribution in [1.82, 2.24) is 9.97 Å². The highest BCUT2D eigenvalue weighted by Crippen LogP contribution is 2.26. The predicted octanol–water partition coefficient (Wildman–Crippen LogP) is 4.75. The molecule has 1 aromatic carbocycles. The lowest BCUT2D eigenvalue weighted by Gasteiger charge is -2.20. The van der Waals surface area contributed by atoms with Gasteiger partial charge in [-0.25, -0.2) is 9.78 Å². The Labute approximate surface area is 168 Å². The second kappa shape index (κ2) is 8.26. The summed E-state index contributed by atoms with van der Waals surface area (Å²) in [7, 11) is 0. The van der Waals surface area contributed by atoms with E-state index in [9.17, 15) is 4.79 Å². The number of nitrogen functional groups attached to an aromatic ring is 1. The third kappa shape index (κ3) is 5.43. The van der Waals surface area contributed by atoms with Gasteiger partial charge in [-0.05, 0) is 50.6 Å². The van der Waals surface area contributed by atoms with Crippen molar-refractivity contribution >= 4 is 34.6 Å². The lowest BCUT2D eigenvalue weighted by molar-refractivity contribution is 0.0636. The Kier molecular flexibility index (Phi) is 5.79. The van der Waals surface area contributed by atoms with E-state index in [1.54, 1.807) is 35.9 Å². The van der Waals surface area contributed by atoms with Gasteiger partial charge in [0.05, 0.1) is 0 Å². The summed E-state index contributed by atoms with van der Waals surface area (Å²) in [6, 6.07) is 9.23. The first-order valence-corrected chi connectivity index (χ1v) is 9.66. The molecule has 4 N–H and O–H groups in total. The Balaban J connectivity index is 1.60. The Morgan fingerprint density at radius 2 is 1.96 bits per heavy atom. The zero-order valence-electron chi connectivity index (χ0n) is 16.0. The van der Waals surface area contributed by atoms with Crippen LogP contribution in [0.15, 0.2) is 48.1 Å². The Morgan fingerprint density at radius 3 is 2.64 bits per heavy atom. The van der Waals surface area contributed by atoms with Gasteiger partial charge in [0.15, 0.2) is 0 Å². The summed E-state index contributed by atoms with van der Waals surface area (Å²) in [4.78, 5) is 20.5. The fourth-order valence-corrected chi connectivity index (χ4v) is 3.21. The molecule has 1 amide bonds. The van der Waals surface area contributed by atoms with Crippen molar-refractivity contribution in [3.63, 3.8) is 0 Å². The van der Waals surface area contributed by atoms with Crippen LogP contribution in [0.5, 0.6) is 0 Å². The summed E-state index contributed by atoms with van der Waals surface area (Å²) in [5.74, 6) is 0.784. The van der Waals surface area contributed by atoms with Crippen molar-refractivity contribution in [2.24, 2.45) is 0 Å². The maximum absolute atomic E-state index is 11.9. The van der Waals surface area contributed by atoms with Gasteiger partial charge in [-0.3, -0.25) is 10.3 Å². The number of thiazole rings is 1. The number of amides is 1. The van der Waals surface area contributed by atoms with E-state index in [0.717, 1.165) is 22.0 Å². The third-order valence-electron chi connectivity index (χ3n) is 3.68. The monoisotopic (exact) mass is 397 g/mol. The normalized spacial score (nSPS) is 11.1. The minimum Gasteiger partial charge on any atom is -0.444 e. The number of rotatable bonds is 5. The predicted molar refractivity (Wildman–Crippen MR) is 113 cm³/mol. The number of benzene rings is 1. The molecule has 0 spiro atoms. The molecule has 0 atom stereocenters. The Hall–Kier alpha value is -3.13. The van der Waals surface area contributed by atoms with Crippen molar-refractivity contribution < 1.29 is 9.53 Å². The molecule has 3 aromatic rings. The summed E-state index contributed by atoms with van der Waals surface area (Å²) < 4.78 is 5.24. The van der Waals surface area contributed by atoms with Crippen LogP contribution in [-0.2, 0) is 11.3 Å². The van der Waals surface area contributed by atoms with Crippen LogP contribution in [0.1, 0.15) is 26.3 Å². The highest BCUT2D eigenvalue weighted by Gasteiger charge is 2.16. The molecule has 28 heavy (non-hydrogen) atoms. The van der Waals surface area contributed by atoms with Crippen LogP contribution < -0.4 is 16.4 Å². The molecule has 0 saturated carbocycles. The lowest BCUT2D eigenvalue weighted by Crippen LogP contribution is -2.27. The number of nitrogens with two attached hydrogens (primary N) is 1. The molecule has 0 aliphatic heterocycles. The van der Waals surface area contributed by atoms with Gasteiger partial charge in [0.25, 0.3) is 0 Å². The SMILES string of the molecule is CC(C)(C)OC(=O)Nc1ccc(CNc2csc(-c3ccncc3)n2)c(N)c1. The first-order valence-electron chi connectivity index (χ1n) is 8.78. The molecule has 0 unspecified atom stereocenters. The lowest BCUT2D eigenvalue weighted by atomic mass is 10.1. The molecule has 0 radical (unpaired) electrons. The van der Waals surface area contributed by atoms with E-state index < -0.39 is 11.7 Å². The average Bonchev–Trinajstić information content (AvgIpc) is 3.09. The molecule has 146 valence electrons. The van der Waals surface area contributed by atoms with Crippen LogP contribution in [-0.4, -0.2) is 21.7 Å². The highest BCUT2D eigenvalue weighted by molar-refractivity contribution is 7.13. The van der Waals surface area contributed by atoms with Crippen LogP contribution in [0, 0.1) is 0 Å². The number of ether oxygens (including phenoxy) is 1. The van der Waals surface area contributed by atoms with Crippen LogP contribution in [0.2, 0.25) is 0 Å². The number of carbonyl (C=O) groups excluding carboxylic acids is 1. The van der Waals surface area contributed by atoms with Crippen molar-refractivity contribution in [2.45, 2.75) is 32.9 Å². The number of hydrogen-bond donors (Lipinski definition) is 3. The maximum Gasteiger partial charge on any atom is 0.412 e. The van der Waals surface area contributed by atoms with Crippen LogP contribution >= 0.6 is 11.3 Å². The summed E-state index contributed by atoms with van der Waals surface area (Å²) in [5.41, 5.74) is 8.68. The van der Waals surface area contributed by atoms with Crippen LogP contribution in [0.3, 0.4) is 0 Å². The summed E-state index contributed by atoms with van der Waals surface area (Å²) in [6.07, 6.45) is 2.98. The average molecular weight is 398 g/mol. The molecule has 0 bridgehead atoms. The second-order valence-corrected chi connectivity index (χ2v) is 8.03. The van der Waals surface area contributed by atoms with Crippen molar-refractivity contribution in [1.29, 1.82) is 0 Å². The zero-order chi connectivity index (χ0) is 20.1. The Morgan fingerprint density at radius 1 is 1.21 bits per heavy atom. The number of nitrogens with one attached hydrogen (secondary N) is 2. The molecule has 8 heteroatoms. The van der Waals surface area contributed by atoms with Gasteiger partial charge in [0.1, 0.15) is 16.4 Å². The van der Waals surface area contributed by atoms with Gasteiger partial charge < -0.3 is 15.8 Å². The van der Waals surface area contributed by atoms with E-state index in [-0.39, 0.29) is 0 Å². The van der Waals surface area contributed by atoms with Gasteiger partial charge in [-0.1, -0.05) is 6.07 Å². The number of carbonyl (C=O) groups is 1. The topological polar surface area (TPSA) is 102 Å². The number of anilines is 3. The molecule has 2 heterocycles. The van der Waals surface area contributed by atoms with E-state index in [1.807, 2.05) is 44.4 Å². The van der Waals surface area contributed by atoms with Crippen LogP contribution in [0.4, 0.5) is 22.0 Å². The van der Waals surface area contributed by atoms with E-state index in [4.69, 9.17) is 10.5 Å². The molecule has 3 rings (SSSR count).